The SMILES string of the molecule is Cc1cc(F)cc(-c2nnc(SCC(=O)O)n2N)c1. The van der Waals surface area contributed by atoms with Gasteiger partial charge in [-0.1, -0.05) is 11.8 Å². The van der Waals surface area contributed by atoms with E-state index in [-0.39, 0.29) is 16.7 Å². The zero-order valence-electron chi connectivity index (χ0n) is 10.00. The molecule has 0 radical (unpaired) electrons. The molecule has 0 amide bonds. The molecular weight excluding hydrogens is 271 g/mol. The summed E-state index contributed by atoms with van der Waals surface area (Å²) in [5, 5.41) is 16.5. The Morgan fingerprint density at radius 2 is 2.21 bits per heavy atom. The molecule has 100 valence electrons. The molecule has 0 saturated heterocycles. The molecule has 0 saturated carbocycles. The Morgan fingerprint density at radius 1 is 1.47 bits per heavy atom. The number of hydrogen-bond acceptors (Lipinski definition) is 5. The van der Waals surface area contributed by atoms with Crippen molar-refractivity contribution in [2.45, 2.75) is 12.1 Å². The minimum Gasteiger partial charge on any atom is -0.481 e. The number of nitrogens with zero attached hydrogens (tertiary/aromatic N) is 3. The fourth-order valence-electron chi connectivity index (χ4n) is 1.56. The van der Waals surface area contributed by atoms with E-state index in [9.17, 15) is 9.18 Å². The van der Waals surface area contributed by atoms with Gasteiger partial charge in [0.25, 0.3) is 0 Å². The van der Waals surface area contributed by atoms with Crippen molar-refractivity contribution in [2.24, 2.45) is 0 Å². The Morgan fingerprint density at radius 3 is 2.84 bits per heavy atom. The molecule has 2 aromatic rings. The average molecular weight is 282 g/mol. The molecule has 6 nitrogen and oxygen atoms in total. The van der Waals surface area contributed by atoms with E-state index in [4.69, 9.17) is 10.9 Å². The van der Waals surface area contributed by atoms with Crippen molar-refractivity contribution in [2.75, 3.05) is 11.6 Å². The van der Waals surface area contributed by atoms with E-state index in [1.807, 2.05) is 0 Å². The van der Waals surface area contributed by atoms with Crippen molar-refractivity contribution in [1.82, 2.24) is 14.9 Å². The number of carboxylic acid groups (broad SMARTS) is 1. The van der Waals surface area contributed by atoms with Gasteiger partial charge in [-0.15, -0.1) is 10.2 Å². The number of halogens is 1. The Labute approximate surface area is 112 Å². The molecule has 8 heteroatoms. The number of nitrogen functional groups attached to an aromatic ring is 1. The molecule has 0 atom stereocenters. The van der Waals surface area contributed by atoms with Crippen LogP contribution in [0.3, 0.4) is 0 Å². The van der Waals surface area contributed by atoms with E-state index in [0.717, 1.165) is 22.0 Å². The maximum atomic E-state index is 13.3. The average Bonchev–Trinajstić information content (AvgIpc) is 2.66. The molecule has 19 heavy (non-hydrogen) atoms. The topological polar surface area (TPSA) is 94.0 Å². The number of rotatable bonds is 4. The molecule has 3 N–H and O–H groups in total. The number of thioether (sulfide) groups is 1. The molecule has 1 aromatic carbocycles. The van der Waals surface area contributed by atoms with Gasteiger partial charge in [0.1, 0.15) is 5.82 Å². The van der Waals surface area contributed by atoms with Crippen molar-refractivity contribution in [3.8, 4) is 11.4 Å². The van der Waals surface area contributed by atoms with Gasteiger partial charge in [-0.3, -0.25) is 4.79 Å². The minimum absolute atomic E-state index is 0.169. The van der Waals surface area contributed by atoms with Crippen LogP contribution in [0.4, 0.5) is 4.39 Å². The smallest absolute Gasteiger partial charge is 0.313 e. The van der Waals surface area contributed by atoms with E-state index >= 15 is 0 Å². The number of carbonyl (C=O) groups is 1. The van der Waals surface area contributed by atoms with Crippen LogP contribution in [-0.2, 0) is 4.79 Å². The van der Waals surface area contributed by atoms with E-state index < -0.39 is 11.8 Å². The lowest BCUT2D eigenvalue weighted by atomic mass is 10.1. The van der Waals surface area contributed by atoms with Crippen LogP contribution in [-0.4, -0.2) is 31.7 Å². The third-order valence-electron chi connectivity index (χ3n) is 2.29. The molecule has 0 unspecified atom stereocenters. The van der Waals surface area contributed by atoms with Crippen LogP contribution in [0.25, 0.3) is 11.4 Å². The Bertz CT molecular complexity index is 609. The number of benzene rings is 1. The number of aliphatic carboxylic acids is 1. The van der Waals surface area contributed by atoms with Crippen LogP contribution in [0.5, 0.6) is 0 Å². The lowest BCUT2D eigenvalue weighted by molar-refractivity contribution is -0.133. The highest BCUT2D eigenvalue weighted by molar-refractivity contribution is 7.99. The second kappa shape index (κ2) is 5.27. The zero-order chi connectivity index (χ0) is 14.0. The molecule has 1 aromatic heterocycles. The highest BCUT2D eigenvalue weighted by Gasteiger charge is 2.14. The first-order chi connectivity index (χ1) is 8.97. The summed E-state index contributed by atoms with van der Waals surface area (Å²) >= 11 is 0.950. The number of nitrogens with two attached hydrogens (primary N) is 1. The molecule has 0 aliphatic rings. The second-order valence-corrected chi connectivity index (χ2v) is 4.82. The summed E-state index contributed by atoms with van der Waals surface area (Å²) in [7, 11) is 0. The van der Waals surface area contributed by atoms with Gasteiger partial charge < -0.3 is 10.9 Å². The highest BCUT2D eigenvalue weighted by Crippen LogP contribution is 2.23. The van der Waals surface area contributed by atoms with E-state index in [0.29, 0.717) is 5.56 Å². The predicted molar refractivity (Wildman–Crippen MR) is 68.7 cm³/mol. The van der Waals surface area contributed by atoms with Crippen molar-refractivity contribution in [3.63, 3.8) is 0 Å². The van der Waals surface area contributed by atoms with Crippen LogP contribution in [0.1, 0.15) is 5.56 Å². The summed E-state index contributed by atoms with van der Waals surface area (Å²) in [6.45, 7) is 1.75. The van der Waals surface area contributed by atoms with Gasteiger partial charge in [0.05, 0.1) is 5.75 Å². The minimum atomic E-state index is -0.976. The molecular formula is C11H11FN4O2S. The van der Waals surface area contributed by atoms with Crippen LogP contribution in [0.2, 0.25) is 0 Å². The largest absolute Gasteiger partial charge is 0.481 e. The third kappa shape index (κ3) is 3.02. The summed E-state index contributed by atoms with van der Waals surface area (Å²) < 4.78 is 14.5. The van der Waals surface area contributed by atoms with E-state index in [1.165, 1.54) is 12.1 Å². The number of carboxylic acids is 1. The van der Waals surface area contributed by atoms with Crippen LogP contribution < -0.4 is 5.84 Å². The Kier molecular flexibility index (Phi) is 3.70. The summed E-state index contributed by atoms with van der Waals surface area (Å²) in [5.41, 5.74) is 1.23. The lowest BCUT2D eigenvalue weighted by Gasteiger charge is -2.04. The summed E-state index contributed by atoms with van der Waals surface area (Å²) in [4.78, 5) is 10.5. The van der Waals surface area contributed by atoms with Gasteiger partial charge in [0, 0.05) is 5.56 Å². The molecule has 2 rings (SSSR count). The molecule has 0 fully saturated rings. The summed E-state index contributed by atoms with van der Waals surface area (Å²) in [6, 6.07) is 4.41. The molecule has 0 aliphatic heterocycles. The maximum Gasteiger partial charge on any atom is 0.313 e. The van der Waals surface area contributed by atoms with E-state index in [2.05, 4.69) is 10.2 Å². The predicted octanol–water partition coefficient (Wildman–Crippen LogP) is 1.28. The maximum absolute atomic E-state index is 13.3. The fourth-order valence-corrected chi connectivity index (χ4v) is 2.14. The first kappa shape index (κ1) is 13.3. The number of hydrogen-bond donors (Lipinski definition) is 2. The quantitative estimate of drug-likeness (QED) is 0.648. The molecule has 1 heterocycles. The van der Waals surface area contributed by atoms with Crippen molar-refractivity contribution < 1.29 is 14.3 Å². The Hall–Kier alpha value is -2.09. The number of aromatic nitrogens is 3. The van der Waals surface area contributed by atoms with Crippen molar-refractivity contribution >= 4 is 17.7 Å². The monoisotopic (exact) mass is 282 g/mol. The van der Waals surface area contributed by atoms with Crippen LogP contribution in [0.15, 0.2) is 23.4 Å². The number of aryl methyl sites for hydroxylation is 1. The molecule has 0 aliphatic carbocycles. The van der Waals surface area contributed by atoms with Crippen LogP contribution in [0, 0.1) is 12.7 Å². The normalized spacial score (nSPS) is 10.6. The van der Waals surface area contributed by atoms with Crippen LogP contribution >= 0.6 is 11.8 Å². The standard InChI is InChI=1S/C11H11FN4O2S/c1-6-2-7(4-8(12)3-6)10-14-15-11(16(10)13)19-5-9(17)18/h2-4H,5,13H2,1H3,(H,17,18). The molecule has 0 spiro atoms. The van der Waals surface area contributed by atoms with Gasteiger partial charge in [-0.2, -0.15) is 0 Å². The van der Waals surface area contributed by atoms with Gasteiger partial charge in [-0.25, -0.2) is 9.07 Å². The lowest BCUT2D eigenvalue weighted by Crippen LogP contribution is -2.12. The first-order valence-electron chi connectivity index (χ1n) is 5.30. The highest BCUT2D eigenvalue weighted by atomic mass is 32.2. The second-order valence-electron chi connectivity index (χ2n) is 3.88. The van der Waals surface area contributed by atoms with Crippen molar-refractivity contribution in [1.29, 1.82) is 0 Å². The Balaban J connectivity index is 2.33. The fraction of sp³-hybridized carbons (Fsp3) is 0.182. The van der Waals surface area contributed by atoms with E-state index in [1.54, 1.807) is 13.0 Å². The summed E-state index contributed by atoms with van der Waals surface area (Å²) in [5.74, 6) is 4.53. The zero-order valence-corrected chi connectivity index (χ0v) is 10.8. The summed E-state index contributed by atoms with van der Waals surface area (Å²) in [6.07, 6.45) is 0. The van der Waals surface area contributed by atoms with Gasteiger partial charge >= 0.3 is 5.97 Å². The van der Waals surface area contributed by atoms with Gasteiger partial charge in [0.2, 0.25) is 5.16 Å². The van der Waals surface area contributed by atoms with Gasteiger partial charge in [0.15, 0.2) is 5.82 Å². The van der Waals surface area contributed by atoms with Crippen molar-refractivity contribution in [3.05, 3.63) is 29.6 Å². The third-order valence-corrected chi connectivity index (χ3v) is 3.22. The van der Waals surface area contributed by atoms with Gasteiger partial charge in [-0.05, 0) is 30.7 Å². The first-order valence-corrected chi connectivity index (χ1v) is 6.28. The molecule has 0 bridgehead atoms.